The predicted octanol–water partition coefficient (Wildman–Crippen LogP) is 4.67. The van der Waals surface area contributed by atoms with Gasteiger partial charge in [0.05, 0.1) is 12.6 Å². The first-order valence-electron chi connectivity index (χ1n) is 9.37. The minimum absolute atomic E-state index is 0.694. The van der Waals surface area contributed by atoms with Crippen molar-refractivity contribution in [2.75, 3.05) is 24.7 Å². The first-order valence-corrected chi connectivity index (χ1v) is 9.37. The molecule has 0 aliphatic rings. The number of ether oxygens (including phenoxy) is 2. The highest BCUT2D eigenvalue weighted by Crippen LogP contribution is 2.31. The molecule has 3 N–H and O–H groups in total. The predicted molar refractivity (Wildman–Crippen MR) is 116 cm³/mol. The smallest absolute Gasteiger partial charge is 0.169 e. The minimum Gasteiger partial charge on any atom is -0.493 e. The van der Waals surface area contributed by atoms with Gasteiger partial charge in [-0.15, -0.1) is 0 Å². The molecule has 4 rings (SSSR count). The molecule has 1 heterocycles. The highest BCUT2D eigenvalue weighted by atomic mass is 16.5. The van der Waals surface area contributed by atoms with Crippen molar-refractivity contribution >= 4 is 22.4 Å². The molecule has 29 heavy (non-hydrogen) atoms. The second-order valence-corrected chi connectivity index (χ2v) is 6.57. The standard InChI is InChI=1S/C23H22N4O2/c1-28-21-4-2-3-5-22(21)29-18-9-6-16(7-10-18)12-13-25-23-19-14-17(24)8-11-20(19)26-15-27-23/h2-11,14-15H,12-13,24H2,1H3,(H,25,26,27). The Kier molecular flexibility index (Phi) is 5.42. The molecule has 0 fully saturated rings. The van der Waals surface area contributed by atoms with E-state index in [4.69, 9.17) is 15.2 Å². The molecule has 0 spiro atoms. The summed E-state index contributed by atoms with van der Waals surface area (Å²) in [6.07, 6.45) is 2.41. The quantitative estimate of drug-likeness (QED) is 0.449. The third-order valence-corrected chi connectivity index (χ3v) is 4.59. The molecule has 1 aromatic heterocycles. The third kappa shape index (κ3) is 4.38. The highest BCUT2D eigenvalue weighted by Gasteiger charge is 2.06. The number of nitrogen functional groups attached to an aromatic ring is 1. The molecule has 4 aromatic rings. The van der Waals surface area contributed by atoms with E-state index in [2.05, 4.69) is 27.4 Å². The molecule has 3 aromatic carbocycles. The van der Waals surface area contributed by atoms with Gasteiger partial charge in [-0.1, -0.05) is 24.3 Å². The summed E-state index contributed by atoms with van der Waals surface area (Å²) in [6.45, 7) is 0.744. The number of rotatable bonds is 7. The van der Waals surface area contributed by atoms with Gasteiger partial charge < -0.3 is 20.5 Å². The lowest BCUT2D eigenvalue weighted by molar-refractivity contribution is 0.379. The molecule has 0 unspecified atom stereocenters. The molecule has 0 saturated carbocycles. The number of aromatic nitrogens is 2. The minimum atomic E-state index is 0.694. The molecule has 0 amide bonds. The zero-order valence-electron chi connectivity index (χ0n) is 16.1. The lowest BCUT2D eigenvalue weighted by Crippen LogP contribution is -2.07. The third-order valence-electron chi connectivity index (χ3n) is 4.59. The van der Waals surface area contributed by atoms with Gasteiger partial charge in [-0.25, -0.2) is 9.97 Å². The maximum absolute atomic E-state index is 5.92. The maximum Gasteiger partial charge on any atom is 0.169 e. The Hall–Kier alpha value is -3.80. The number of anilines is 2. The average Bonchev–Trinajstić information content (AvgIpc) is 2.75. The van der Waals surface area contributed by atoms with E-state index >= 15 is 0 Å². The summed E-state index contributed by atoms with van der Waals surface area (Å²) in [4.78, 5) is 8.62. The van der Waals surface area contributed by atoms with Crippen molar-refractivity contribution in [1.29, 1.82) is 0 Å². The second kappa shape index (κ2) is 8.48. The molecule has 0 aliphatic carbocycles. The fraction of sp³-hybridized carbons (Fsp3) is 0.130. The van der Waals surface area contributed by atoms with Gasteiger partial charge in [0.25, 0.3) is 0 Å². The lowest BCUT2D eigenvalue weighted by atomic mass is 10.1. The number of nitrogens with two attached hydrogens (primary N) is 1. The van der Waals surface area contributed by atoms with Crippen molar-refractivity contribution < 1.29 is 9.47 Å². The van der Waals surface area contributed by atoms with E-state index in [0.29, 0.717) is 17.2 Å². The number of nitrogens with one attached hydrogen (secondary N) is 1. The highest BCUT2D eigenvalue weighted by molar-refractivity contribution is 5.91. The first kappa shape index (κ1) is 18.6. The van der Waals surface area contributed by atoms with Crippen LogP contribution in [0.5, 0.6) is 17.2 Å². The Bertz CT molecular complexity index is 1110. The topological polar surface area (TPSA) is 82.3 Å². The van der Waals surface area contributed by atoms with E-state index in [1.165, 1.54) is 5.56 Å². The number of hydrogen-bond acceptors (Lipinski definition) is 6. The monoisotopic (exact) mass is 386 g/mol. The Balaban J connectivity index is 1.38. The molecule has 0 radical (unpaired) electrons. The zero-order chi connectivity index (χ0) is 20.1. The van der Waals surface area contributed by atoms with Crippen LogP contribution in [0.3, 0.4) is 0 Å². The maximum atomic E-state index is 5.92. The molecule has 0 bridgehead atoms. The van der Waals surface area contributed by atoms with E-state index in [-0.39, 0.29) is 0 Å². The summed E-state index contributed by atoms with van der Waals surface area (Å²) in [7, 11) is 1.63. The van der Waals surface area contributed by atoms with Gasteiger partial charge >= 0.3 is 0 Å². The number of para-hydroxylation sites is 2. The Morgan fingerprint density at radius 1 is 0.931 bits per heavy atom. The average molecular weight is 386 g/mol. The summed E-state index contributed by atoms with van der Waals surface area (Å²) in [5.74, 6) is 2.96. The molecule has 146 valence electrons. The normalized spacial score (nSPS) is 10.7. The van der Waals surface area contributed by atoms with Crippen LogP contribution in [0.2, 0.25) is 0 Å². The van der Waals surface area contributed by atoms with E-state index in [9.17, 15) is 0 Å². The summed E-state index contributed by atoms with van der Waals surface area (Å²) in [6, 6.07) is 21.3. The molecular formula is C23H22N4O2. The number of methoxy groups -OCH3 is 1. The van der Waals surface area contributed by atoms with Crippen molar-refractivity contribution in [1.82, 2.24) is 9.97 Å². The Morgan fingerprint density at radius 2 is 1.72 bits per heavy atom. The summed E-state index contributed by atoms with van der Waals surface area (Å²) < 4.78 is 11.2. The van der Waals surface area contributed by atoms with Gasteiger partial charge in [-0.2, -0.15) is 0 Å². The van der Waals surface area contributed by atoms with Crippen molar-refractivity contribution in [2.45, 2.75) is 6.42 Å². The summed E-state index contributed by atoms with van der Waals surface area (Å²) in [5.41, 5.74) is 8.66. The largest absolute Gasteiger partial charge is 0.493 e. The lowest BCUT2D eigenvalue weighted by Gasteiger charge is -2.11. The van der Waals surface area contributed by atoms with Crippen LogP contribution in [0.15, 0.2) is 73.1 Å². The van der Waals surface area contributed by atoms with Crippen molar-refractivity contribution in [3.63, 3.8) is 0 Å². The molecule has 0 atom stereocenters. The van der Waals surface area contributed by atoms with Crippen molar-refractivity contribution in [2.24, 2.45) is 0 Å². The van der Waals surface area contributed by atoms with E-state index < -0.39 is 0 Å². The number of fused-ring (bicyclic) bond motifs is 1. The van der Waals surface area contributed by atoms with E-state index in [1.807, 2.05) is 54.6 Å². The van der Waals surface area contributed by atoms with E-state index in [1.54, 1.807) is 13.4 Å². The van der Waals surface area contributed by atoms with E-state index in [0.717, 1.165) is 35.4 Å². The van der Waals surface area contributed by atoms with Gasteiger partial charge in [0.2, 0.25) is 0 Å². The SMILES string of the molecule is COc1ccccc1Oc1ccc(CCNc2ncnc3ccc(N)cc23)cc1. The fourth-order valence-corrected chi connectivity index (χ4v) is 3.09. The molecular weight excluding hydrogens is 364 g/mol. The van der Waals surface area contributed by atoms with Crippen LogP contribution in [0.1, 0.15) is 5.56 Å². The number of nitrogens with zero attached hydrogens (tertiary/aromatic N) is 2. The van der Waals surface area contributed by atoms with Crippen LogP contribution in [0.25, 0.3) is 10.9 Å². The molecule has 0 aliphatic heterocycles. The zero-order valence-corrected chi connectivity index (χ0v) is 16.1. The van der Waals surface area contributed by atoms with Crippen LogP contribution < -0.4 is 20.5 Å². The van der Waals surface area contributed by atoms with Crippen LogP contribution in [0.4, 0.5) is 11.5 Å². The number of hydrogen-bond donors (Lipinski definition) is 2. The van der Waals surface area contributed by atoms with Crippen LogP contribution in [0, 0.1) is 0 Å². The second-order valence-electron chi connectivity index (χ2n) is 6.57. The van der Waals surface area contributed by atoms with Crippen LogP contribution in [-0.4, -0.2) is 23.6 Å². The van der Waals surface area contributed by atoms with Crippen molar-refractivity contribution in [3.05, 3.63) is 78.6 Å². The Labute approximate surface area is 169 Å². The summed E-state index contributed by atoms with van der Waals surface area (Å²) >= 11 is 0. The molecule has 6 nitrogen and oxygen atoms in total. The molecule has 6 heteroatoms. The van der Waals surface area contributed by atoms with Gasteiger partial charge in [-0.05, 0) is 54.4 Å². The molecule has 0 saturated heterocycles. The van der Waals surface area contributed by atoms with Gasteiger partial charge in [0, 0.05) is 17.6 Å². The van der Waals surface area contributed by atoms with Crippen LogP contribution >= 0.6 is 0 Å². The Morgan fingerprint density at radius 3 is 2.52 bits per heavy atom. The van der Waals surface area contributed by atoms with Gasteiger partial charge in [0.15, 0.2) is 11.5 Å². The van der Waals surface area contributed by atoms with Gasteiger partial charge in [-0.3, -0.25) is 0 Å². The first-order chi connectivity index (χ1) is 14.2. The van der Waals surface area contributed by atoms with Gasteiger partial charge in [0.1, 0.15) is 17.9 Å². The fourth-order valence-electron chi connectivity index (χ4n) is 3.09. The van der Waals surface area contributed by atoms with Crippen LogP contribution in [-0.2, 0) is 6.42 Å². The summed E-state index contributed by atoms with van der Waals surface area (Å²) in [5, 5.41) is 4.30. The number of benzene rings is 3. The van der Waals surface area contributed by atoms with Crippen molar-refractivity contribution in [3.8, 4) is 17.2 Å².